The van der Waals surface area contributed by atoms with Gasteiger partial charge in [-0.1, -0.05) is 6.92 Å². The third-order valence-corrected chi connectivity index (χ3v) is 5.18. The number of aryl methyl sites for hydroxylation is 1. The highest BCUT2D eigenvalue weighted by Gasteiger charge is 2.21. The molecule has 5 nitrogen and oxygen atoms in total. The quantitative estimate of drug-likeness (QED) is 0.813. The number of ether oxygens (including phenoxy) is 1. The number of thiophene rings is 1. The predicted octanol–water partition coefficient (Wildman–Crippen LogP) is 2.14. The highest BCUT2D eigenvalue weighted by molar-refractivity contribution is 8.13. The minimum atomic E-state index is -3.81. The summed E-state index contributed by atoms with van der Waals surface area (Å²) in [6, 6.07) is 1.20. The first-order valence-corrected chi connectivity index (χ1v) is 8.77. The maximum atomic E-state index is 12.0. The molecule has 0 aliphatic rings. The topological polar surface area (TPSA) is 72.5 Å². The van der Waals surface area contributed by atoms with Crippen LogP contribution in [0.3, 0.4) is 0 Å². The van der Waals surface area contributed by atoms with Gasteiger partial charge in [-0.25, -0.2) is 8.42 Å². The highest BCUT2D eigenvalue weighted by Crippen LogP contribution is 2.28. The van der Waals surface area contributed by atoms with Gasteiger partial charge in [0.15, 0.2) is 0 Å². The van der Waals surface area contributed by atoms with Gasteiger partial charge in [0.2, 0.25) is 0 Å². The average molecular weight is 326 g/mol. The molecule has 1 aromatic rings. The monoisotopic (exact) mass is 325 g/mol. The standard InChI is InChI=1S/C11H16ClNO4S2/c1-4-8(6-17-3)13-11(14)9-5-10(7(2)18-9)19(12,15)16/h5,8H,4,6H2,1-3H3,(H,13,14). The lowest BCUT2D eigenvalue weighted by Gasteiger charge is -2.14. The van der Waals surface area contributed by atoms with E-state index in [0.717, 1.165) is 17.8 Å². The number of amides is 1. The Bertz CT molecular complexity index is 553. The lowest BCUT2D eigenvalue weighted by molar-refractivity contribution is 0.0898. The van der Waals surface area contributed by atoms with E-state index in [-0.39, 0.29) is 16.8 Å². The van der Waals surface area contributed by atoms with Crippen molar-refractivity contribution in [3.05, 3.63) is 15.8 Å². The molecule has 0 saturated carbocycles. The zero-order chi connectivity index (χ0) is 14.6. The number of halogens is 1. The summed E-state index contributed by atoms with van der Waals surface area (Å²) in [6.07, 6.45) is 0.727. The summed E-state index contributed by atoms with van der Waals surface area (Å²) in [5.74, 6) is -0.316. The third kappa shape index (κ3) is 4.45. The van der Waals surface area contributed by atoms with Crippen molar-refractivity contribution in [3.8, 4) is 0 Å². The van der Waals surface area contributed by atoms with Crippen LogP contribution in [-0.2, 0) is 13.8 Å². The number of rotatable bonds is 6. The van der Waals surface area contributed by atoms with Crippen LogP contribution in [0.1, 0.15) is 27.9 Å². The smallest absolute Gasteiger partial charge is 0.262 e. The minimum absolute atomic E-state index is 0.0101. The molecule has 0 aliphatic carbocycles. The molecule has 0 bridgehead atoms. The number of carbonyl (C=O) groups excluding carboxylic acids is 1. The van der Waals surface area contributed by atoms with Crippen LogP contribution in [0.4, 0.5) is 0 Å². The van der Waals surface area contributed by atoms with Crippen molar-refractivity contribution in [2.24, 2.45) is 0 Å². The fraction of sp³-hybridized carbons (Fsp3) is 0.545. The van der Waals surface area contributed by atoms with Gasteiger partial charge in [-0.05, 0) is 19.4 Å². The maximum absolute atomic E-state index is 12.0. The van der Waals surface area contributed by atoms with Crippen LogP contribution in [0, 0.1) is 6.92 Å². The van der Waals surface area contributed by atoms with Crippen LogP contribution in [0.2, 0.25) is 0 Å². The van der Waals surface area contributed by atoms with Crippen molar-refractivity contribution in [1.82, 2.24) is 5.32 Å². The summed E-state index contributed by atoms with van der Waals surface area (Å²) >= 11 is 1.10. The Balaban J connectivity index is 2.90. The van der Waals surface area contributed by atoms with Gasteiger partial charge in [-0.3, -0.25) is 4.79 Å². The van der Waals surface area contributed by atoms with Gasteiger partial charge in [0.1, 0.15) is 0 Å². The highest BCUT2D eigenvalue weighted by atomic mass is 35.7. The van der Waals surface area contributed by atoms with Crippen LogP contribution < -0.4 is 5.32 Å². The molecule has 1 heterocycles. The SMILES string of the molecule is CCC(COC)NC(=O)c1cc(S(=O)(=O)Cl)c(C)s1. The zero-order valence-electron chi connectivity index (χ0n) is 10.9. The zero-order valence-corrected chi connectivity index (χ0v) is 13.3. The number of hydrogen-bond acceptors (Lipinski definition) is 5. The van der Waals surface area contributed by atoms with Crippen molar-refractivity contribution in [1.29, 1.82) is 0 Å². The molecule has 108 valence electrons. The molecule has 19 heavy (non-hydrogen) atoms. The molecule has 1 rings (SSSR count). The lowest BCUT2D eigenvalue weighted by Crippen LogP contribution is -2.37. The largest absolute Gasteiger partial charge is 0.383 e. The summed E-state index contributed by atoms with van der Waals surface area (Å²) in [6.45, 7) is 3.95. The molecular weight excluding hydrogens is 310 g/mol. The van der Waals surface area contributed by atoms with Crippen molar-refractivity contribution in [2.75, 3.05) is 13.7 Å². The Labute approximate surface area is 121 Å². The van der Waals surface area contributed by atoms with Crippen LogP contribution >= 0.6 is 22.0 Å². The molecule has 0 fully saturated rings. The number of hydrogen-bond donors (Lipinski definition) is 1. The predicted molar refractivity (Wildman–Crippen MR) is 75.5 cm³/mol. The van der Waals surface area contributed by atoms with E-state index < -0.39 is 9.05 Å². The summed E-state index contributed by atoms with van der Waals surface area (Å²) in [4.78, 5) is 12.8. The molecule has 1 N–H and O–H groups in total. The average Bonchev–Trinajstić information content (AvgIpc) is 2.70. The number of nitrogens with one attached hydrogen (secondary N) is 1. The Kier molecular flexibility index (Phi) is 5.79. The van der Waals surface area contributed by atoms with E-state index in [9.17, 15) is 13.2 Å². The van der Waals surface area contributed by atoms with Crippen molar-refractivity contribution < 1.29 is 17.9 Å². The summed E-state index contributed by atoms with van der Waals surface area (Å²) in [5, 5.41) is 2.78. The Morgan fingerprint density at radius 3 is 2.63 bits per heavy atom. The molecule has 1 aromatic heterocycles. The summed E-state index contributed by atoms with van der Waals surface area (Å²) < 4.78 is 27.6. The van der Waals surface area contributed by atoms with E-state index in [1.807, 2.05) is 6.92 Å². The van der Waals surface area contributed by atoms with E-state index >= 15 is 0 Å². The Hall–Kier alpha value is -0.630. The minimum Gasteiger partial charge on any atom is -0.383 e. The van der Waals surface area contributed by atoms with Gasteiger partial charge >= 0.3 is 0 Å². The first-order chi connectivity index (χ1) is 8.79. The van der Waals surface area contributed by atoms with Crippen molar-refractivity contribution >= 4 is 37.0 Å². The van der Waals surface area contributed by atoms with Crippen LogP contribution in [0.25, 0.3) is 0 Å². The summed E-state index contributed by atoms with van der Waals surface area (Å²) in [7, 11) is 3.04. The molecule has 1 amide bonds. The van der Waals surface area contributed by atoms with Gasteiger partial charge in [-0.15, -0.1) is 11.3 Å². The van der Waals surface area contributed by atoms with E-state index in [1.165, 1.54) is 6.07 Å². The van der Waals surface area contributed by atoms with Crippen LogP contribution in [0.15, 0.2) is 11.0 Å². The van der Waals surface area contributed by atoms with E-state index in [1.54, 1.807) is 14.0 Å². The maximum Gasteiger partial charge on any atom is 0.262 e. The second-order valence-electron chi connectivity index (χ2n) is 4.00. The number of carbonyl (C=O) groups is 1. The van der Waals surface area contributed by atoms with Gasteiger partial charge in [0, 0.05) is 22.7 Å². The number of methoxy groups -OCH3 is 1. The molecule has 8 heteroatoms. The molecule has 1 atom stereocenters. The Morgan fingerprint density at radius 2 is 2.21 bits per heavy atom. The first kappa shape index (κ1) is 16.4. The van der Waals surface area contributed by atoms with Crippen LogP contribution in [-0.4, -0.2) is 34.1 Å². The normalized spacial score (nSPS) is 13.3. The van der Waals surface area contributed by atoms with Crippen molar-refractivity contribution in [3.63, 3.8) is 0 Å². The third-order valence-electron chi connectivity index (χ3n) is 2.55. The molecule has 0 aromatic carbocycles. The van der Waals surface area contributed by atoms with E-state index in [0.29, 0.717) is 16.4 Å². The van der Waals surface area contributed by atoms with Gasteiger partial charge in [0.25, 0.3) is 15.0 Å². The lowest BCUT2D eigenvalue weighted by atomic mass is 10.2. The van der Waals surface area contributed by atoms with Gasteiger partial charge in [0.05, 0.1) is 22.4 Å². The molecule has 0 radical (unpaired) electrons. The van der Waals surface area contributed by atoms with E-state index in [4.69, 9.17) is 15.4 Å². The fourth-order valence-electron chi connectivity index (χ4n) is 1.54. The summed E-state index contributed by atoms with van der Waals surface area (Å²) in [5.41, 5.74) is 0. The molecule has 0 spiro atoms. The fourth-order valence-corrected chi connectivity index (χ4v) is 4.11. The van der Waals surface area contributed by atoms with Crippen LogP contribution in [0.5, 0.6) is 0 Å². The molecule has 1 unspecified atom stereocenters. The second-order valence-corrected chi connectivity index (χ2v) is 7.79. The second kappa shape index (κ2) is 6.69. The first-order valence-electron chi connectivity index (χ1n) is 5.64. The van der Waals surface area contributed by atoms with Gasteiger partial charge < -0.3 is 10.1 Å². The Morgan fingerprint density at radius 1 is 1.58 bits per heavy atom. The molecule has 0 aliphatic heterocycles. The van der Waals surface area contributed by atoms with Crippen molar-refractivity contribution in [2.45, 2.75) is 31.2 Å². The van der Waals surface area contributed by atoms with Gasteiger partial charge in [-0.2, -0.15) is 0 Å². The van der Waals surface area contributed by atoms with E-state index in [2.05, 4.69) is 5.32 Å². The molecular formula is C11H16ClNO4S2. The molecule has 0 saturated heterocycles.